The zero-order chi connectivity index (χ0) is 14.6. The smallest absolute Gasteiger partial charge is 0.123 e. The van der Waals surface area contributed by atoms with Gasteiger partial charge in [-0.25, -0.2) is 0 Å². The first kappa shape index (κ1) is 13.6. The Bertz CT molecular complexity index is 552. The van der Waals surface area contributed by atoms with E-state index >= 15 is 0 Å². The lowest BCUT2D eigenvalue weighted by atomic mass is 9.85. The Labute approximate surface area is 128 Å². The van der Waals surface area contributed by atoms with Crippen molar-refractivity contribution in [3.63, 3.8) is 0 Å². The highest BCUT2D eigenvalue weighted by molar-refractivity contribution is 5.54. The second-order valence-electron chi connectivity index (χ2n) is 7.73. The van der Waals surface area contributed by atoms with Gasteiger partial charge in [0.25, 0.3) is 0 Å². The predicted octanol–water partition coefficient (Wildman–Crippen LogP) is 3.94. The number of hydrogen-bond donors (Lipinski definition) is 0. The largest absolute Gasteiger partial charge is 0.492 e. The fourth-order valence-electron chi connectivity index (χ4n) is 4.74. The monoisotopic (exact) mass is 285 g/mol. The van der Waals surface area contributed by atoms with Crippen LogP contribution in [0.4, 0.5) is 0 Å². The minimum atomic E-state index is 0.361. The zero-order valence-electron chi connectivity index (χ0n) is 13.6. The van der Waals surface area contributed by atoms with Gasteiger partial charge in [0.1, 0.15) is 5.75 Å². The number of fused-ring (bicyclic) bond motifs is 2. The van der Waals surface area contributed by atoms with Crippen molar-refractivity contribution >= 4 is 0 Å². The van der Waals surface area contributed by atoms with Gasteiger partial charge < -0.3 is 9.64 Å². The number of ether oxygens (including phenoxy) is 1. The second kappa shape index (κ2) is 4.74. The van der Waals surface area contributed by atoms with Crippen molar-refractivity contribution in [2.24, 2.45) is 5.92 Å². The minimum absolute atomic E-state index is 0.361. The zero-order valence-corrected chi connectivity index (χ0v) is 13.6. The molecule has 0 aromatic heterocycles. The van der Waals surface area contributed by atoms with Gasteiger partial charge in [-0.3, -0.25) is 0 Å². The standard InChI is InChI=1S/C19H27NO/c1-13(2)16-7-4-8-17-18(16)19(12-21-17)11-14(19)10-15-6-5-9-20(15)3/h4,7-8,13-15H,5-6,9-12H2,1-3H3/t14-,15+,19-/m0/s1. The van der Waals surface area contributed by atoms with Crippen LogP contribution in [0.15, 0.2) is 18.2 Å². The van der Waals surface area contributed by atoms with Gasteiger partial charge in [0.2, 0.25) is 0 Å². The molecule has 0 bridgehead atoms. The van der Waals surface area contributed by atoms with Crippen LogP contribution >= 0.6 is 0 Å². The molecule has 2 nitrogen and oxygen atoms in total. The third-order valence-corrected chi connectivity index (χ3v) is 6.12. The topological polar surface area (TPSA) is 12.5 Å². The van der Waals surface area contributed by atoms with Gasteiger partial charge in [-0.2, -0.15) is 0 Å². The molecule has 0 N–H and O–H groups in total. The number of benzene rings is 1. The van der Waals surface area contributed by atoms with E-state index in [1.165, 1.54) is 43.5 Å². The van der Waals surface area contributed by atoms with Crippen LogP contribution in [0.25, 0.3) is 0 Å². The third-order valence-electron chi connectivity index (χ3n) is 6.12. The van der Waals surface area contributed by atoms with Crippen LogP contribution < -0.4 is 4.74 Å². The molecule has 2 aliphatic heterocycles. The molecule has 1 spiro atoms. The SMILES string of the molecule is CC(C)c1cccc2c1[C@]1(CO2)C[C@@H]1C[C@H]1CCCN1C. The molecular formula is C19H27NO. The number of likely N-dealkylation sites (tertiary alicyclic amines) is 1. The van der Waals surface area contributed by atoms with Gasteiger partial charge in [-0.1, -0.05) is 26.0 Å². The fraction of sp³-hybridized carbons (Fsp3) is 0.684. The van der Waals surface area contributed by atoms with Gasteiger partial charge >= 0.3 is 0 Å². The van der Waals surface area contributed by atoms with Crippen LogP contribution in [-0.2, 0) is 5.41 Å². The Kier molecular flexibility index (Phi) is 3.08. The van der Waals surface area contributed by atoms with Crippen molar-refractivity contribution in [3.8, 4) is 5.75 Å². The summed E-state index contributed by atoms with van der Waals surface area (Å²) in [4.78, 5) is 2.57. The summed E-state index contributed by atoms with van der Waals surface area (Å²) >= 11 is 0. The molecule has 0 amide bonds. The average molecular weight is 285 g/mol. The summed E-state index contributed by atoms with van der Waals surface area (Å²) in [6.07, 6.45) is 5.48. The summed E-state index contributed by atoms with van der Waals surface area (Å²) < 4.78 is 6.08. The van der Waals surface area contributed by atoms with E-state index in [-0.39, 0.29) is 0 Å². The van der Waals surface area contributed by atoms with Crippen LogP contribution in [0, 0.1) is 5.92 Å². The Balaban J connectivity index is 1.60. The van der Waals surface area contributed by atoms with Crippen LogP contribution in [-0.4, -0.2) is 31.1 Å². The third kappa shape index (κ3) is 2.03. The maximum atomic E-state index is 6.08. The van der Waals surface area contributed by atoms with E-state index in [2.05, 4.69) is 44.0 Å². The van der Waals surface area contributed by atoms with E-state index in [9.17, 15) is 0 Å². The molecule has 114 valence electrons. The Morgan fingerprint density at radius 3 is 2.95 bits per heavy atom. The highest BCUT2D eigenvalue weighted by Crippen LogP contribution is 2.63. The van der Waals surface area contributed by atoms with Crippen molar-refractivity contribution < 1.29 is 4.74 Å². The summed E-state index contributed by atoms with van der Waals surface area (Å²) in [6, 6.07) is 7.46. The number of rotatable bonds is 3. The molecule has 1 aromatic rings. The maximum absolute atomic E-state index is 6.08. The molecular weight excluding hydrogens is 258 g/mol. The minimum Gasteiger partial charge on any atom is -0.492 e. The lowest BCUT2D eigenvalue weighted by Crippen LogP contribution is -2.27. The first-order chi connectivity index (χ1) is 10.1. The first-order valence-corrected chi connectivity index (χ1v) is 8.58. The first-order valence-electron chi connectivity index (χ1n) is 8.58. The van der Waals surface area contributed by atoms with Crippen LogP contribution in [0.1, 0.15) is 56.6 Å². The van der Waals surface area contributed by atoms with Crippen molar-refractivity contribution in [1.29, 1.82) is 0 Å². The number of hydrogen-bond acceptors (Lipinski definition) is 2. The Hall–Kier alpha value is -1.02. The highest BCUT2D eigenvalue weighted by Gasteiger charge is 2.61. The van der Waals surface area contributed by atoms with Gasteiger partial charge in [0, 0.05) is 17.0 Å². The summed E-state index contributed by atoms with van der Waals surface area (Å²) in [5.41, 5.74) is 3.44. The van der Waals surface area contributed by atoms with Crippen LogP contribution in [0.2, 0.25) is 0 Å². The van der Waals surface area contributed by atoms with E-state index in [0.717, 1.165) is 18.6 Å². The van der Waals surface area contributed by atoms with E-state index in [0.29, 0.717) is 11.3 Å². The van der Waals surface area contributed by atoms with E-state index in [4.69, 9.17) is 4.74 Å². The lowest BCUT2D eigenvalue weighted by molar-refractivity contribution is 0.267. The normalized spacial score (nSPS) is 34.5. The molecule has 2 heterocycles. The molecule has 1 saturated carbocycles. The van der Waals surface area contributed by atoms with Crippen LogP contribution in [0.5, 0.6) is 5.75 Å². The molecule has 0 radical (unpaired) electrons. The fourth-order valence-corrected chi connectivity index (χ4v) is 4.74. The highest BCUT2D eigenvalue weighted by atomic mass is 16.5. The lowest BCUT2D eigenvalue weighted by Gasteiger charge is -2.21. The van der Waals surface area contributed by atoms with Crippen molar-refractivity contribution in [1.82, 2.24) is 4.90 Å². The summed E-state index contributed by atoms with van der Waals surface area (Å²) in [6.45, 7) is 6.83. The van der Waals surface area contributed by atoms with Crippen molar-refractivity contribution in [2.45, 2.75) is 56.9 Å². The molecule has 3 aliphatic rings. The Morgan fingerprint density at radius 2 is 2.24 bits per heavy atom. The average Bonchev–Trinajstić information content (AvgIpc) is 2.77. The quantitative estimate of drug-likeness (QED) is 0.834. The molecule has 1 saturated heterocycles. The molecule has 2 heteroatoms. The van der Waals surface area contributed by atoms with Crippen molar-refractivity contribution in [2.75, 3.05) is 20.2 Å². The summed E-state index contributed by atoms with van der Waals surface area (Å²) in [5.74, 6) is 2.60. The molecule has 0 unspecified atom stereocenters. The van der Waals surface area contributed by atoms with Crippen molar-refractivity contribution in [3.05, 3.63) is 29.3 Å². The van der Waals surface area contributed by atoms with Gasteiger partial charge in [-0.15, -0.1) is 0 Å². The van der Waals surface area contributed by atoms with Gasteiger partial charge in [0.15, 0.2) is 0 Å². The second-order valence-corrected chi connectivity index (χ2v) is 7.73. The molecule has 21 heavy (non-hydrogen) atoms. The predicted molar refractivity (Wildman–Crippen MR) is 86.1 cm³/mol. The van der Waals surface area contributed by atoms with E-state index in [1.807, 2.05) is 0 Å². The maximum Gasteiger partial charge on any atom is 0.123 e. The molecule has 1 aromatic carbocycles. The van der Waals surface area contributed by atoms with E-state index < -0.39 is 0 Å². The molecule has 4 rings (SSSR count). The van der Waals surface area contributed by atoms with Crippen LogP contribution in [0.3, 0.4) is 0 Å². The summed E-state index contributed by atoms with van der Waals surface area (Å²) in [5, 5.41) is 0. The molecule has 3 atom stereocenters. The van der Waals surface area contributed by atoms with E-state index in [1.54, 1.807) is 5.56 Å². The van der Waals surface area contributed by atoms with Gasteiger partial charge in [-0.05, 0) is 62.7 Å². The van der Waals surface area contributed by atoms with Gasteiger partial charge in [0.05, 0.1) is 6.61 Å². The number of nitrogens with zero attached hydrogens (tertiary/aromatic N) is 1. The summed E-state index contributed by atoms with van der Waals surface area (Å²) in [7, 11) is 2.30. The molecule has 1 aliphatic carbocycles. The molecule has 2 fully saturated rings. The Morgan fingerprint density at radius 1 is 1.38 bits per heavy atom.